The predicted molar refractivity (Wildman–Crippen MR) is 134 cm³/mol. The molecule has 0 saturated heterocycles. The van der Waals surface area contributed by atoms with Crippen LogP contribution in [0.1, 0.15) is 35.4 Å². The lowest BCUT2D eigenvalue weighted by molar-refractivity contribution is -0.129. The molecule has 1 N–H and O–H groups in total. The molecule has 170 valence electrons. The second kappa shape index (κ2) is 8.72. The number of aryl methyl sites for hydroxylation is 1. The molecule has 8 heteroatoms. The average molecular weight is 471 g/mol. The van der Waals surface area contributed by atoms with E-state index in [1.165, 1.54) is 24.6 Å². The Morgan fingerprint density at radius 1 is 1.09 bits per heavy atom. The van der Waals surface area contributed by atoms with Gasteiger partial charge in [-0.1, -0.05) is 54.6 Å². The van der Waals surface area contributed by atoms with Crippen molar-refractivity contribution in [3.8, 4) is 11.1 Å². The molecule has 0 bridgehead atoms. The van der Waals surface area contributed by atoms with Gasteiger partial charge in [-0.2, -0.15) is 0 Å². The van der Waals surface area contributed by atoms with E-state index in [2.05, 4.69) is 10.4 Å². The van der Waals surface area contributed by atoms with Gasteiger partial charge in [-0.3, -0.25) is 19.8 Å². The molecular formula is C26H22N4O3S. The van der Waals surface area contributed by atoms with Crippen LogP contribution in [0.5, 0.6) is 0 Å². The van der Waals surface area contributed by atoms with Crippen molar-refractivity contribution in [2.75, 3.05) is 5.43 Å². The number of carbonyl (C=O) groups excluding carboxylic acids is 2. The second-order valence-corrected chi connectivity index (χ2v) is 9.33. The molecule has 2 amide bonds. The first-order chi connectivity index (χ1) is 16.4. The Bertz CT molecular complexity index is 1500. The number of hydrogen-bond acceptors (Lipinski definition) is 5. The SMILES string of the molecule is CC(=O)N1C=Cc2ccccc2C1CC(=O)Nn1cnc2sc(C)c(-c3ccccc3)c2c1=O. The summed E-state index contributed by atoms with van der Waals surface area (Å²) in [7, 11) is 0. The van der Waals surface area contributed by atoms with Gasteiger partial charge in [-0.25, -0.2) is 9.66 Å². The van der Waals surface area contributed by atoms with Gasteiger partial charge < -0.3 is 4.90 Å². The van der Waals surface area contributed by atoms with Crippen LogP contribution < -0.4 is 11.0 Å². The van der Waals surface area contributed by atoms with Crippen molar-refractivity contribution in [1.82, 2.24) is 14.6 Å². The number of aromatic nitrogens is 2. The molecular weight excluding hydrogens is 448 g/mol. The maximum Gasteiger partial charge on any atom is 0.281 e. The monoisotopic (exact) mass is 470 g/mol. The summed E-state index contributed by atoms with van der Waals surface area (Å²) in [6.45, 7) is 3.43. The third-order valence-corrected chi connectivity index (χ3v) is 6.96. The Labute approximate surface area is 200 Å². The van der Waals surface area contributed by atoms with Crippen molar-refractivity contribution in [2.24, 2.45) is 0 Å². The van der Waals surface area contributed by atoms with Crippen molar-refractivity contribution in [2.45, 2.75) is 26.3 Å². The van der Waals surface area contributed by atoms with E-state index < -0.39 is 11.9 Å². The van der Waals surface area contributed by atoms with Gasteiger partial charge in [0, 0.05) is 23.6 Å². The number of hydrogen-bond donors (Lipinski definition) is 1. The minimum absolute atomic E-state index is 0.000379. The summed E-state index contributed by atoms with van der Waals surface area (Å²) in [5, 5.41) is 0.479. The number of amides is 2. The highest BCUT2D eigenvalue weighted by molar-refractivity contribution is 7.19. The zero-order chi connectivity index (χ0) is 23.8. The molecule has 1 unspecified atom stereocenters. The van der Waals surface area contributed by atoms with Crippen molar-refractivity contribution in [3.05, 3.63) is 93.5 Å². The zero-order valence-electron chi connectivity index (χ0n) is 18.7. The van der Waals surface area contributed by atoms with Gasteiger partial charge in [0.25, 0.3) is 5.56 Å². The molecule has 1 atom stereocenters. The van der Waals surface area contributed by atoms with Crippen molar-refractivity contribution < 1.29 is 9.59 Å². The molecule has 7 nitrogen and oxygen atoms in total. The van der Waals surface area contributed by atoms with Gasteiger partial charge in [0.2, 0.25) is 11.8 Å². The summed E-state index contributed by atoms with van der Waals surface area (Å²) < 4.78 is 1.13. The highest BCUT2D eigenvalue weighted by Gasteiger charge is 2.28. The van der Waals surface area contributed by atoms with Crippen LogP contribution >= 0.6 is 11.3 Å². The maximum absolute atomic E-state index is 13.4. The van der Waals surface area contributed by atoms with Gasteiger partial charge in [-0.15, -0.1) is 11.3 Å². The standard InChI is InChI=1S/C26H22N4O3S/c1-16-23(19-9-4-3-5-10-19)24-25(34-16)27-15-30(26(24)33)28-22(32)14-21-20-11-7-6-8-18(20)12-13-29(21)17(2)31/h3-13,15,21H,14H2,1-2H3,(H,28,32). The third-order valence-electron chi connectivity index (χ3n) is 5.94. The van der Waals surface area contributed by atoms with Gasteiger partial charge in [-0.05, 0) is 29.7 Å². The van der Waals surface area contributed by atoms with Crippen LogP contribution in [0.25, 0.3) is 27.4 Å². The van der Waals surface area contributed by atoms with Crippen LogP contribution in [0.4, 0.5) is 0 Å². The zero-order valence-corrected chi connectivity index (χ0v) is 19.5. The van der Waals surface area contributed by atoms with Crippen LogP contribution in [-0.4, -0.2) is 26.4 Å². The first-order valence-electron chi connectivity index (χ1n) is 10.9. The lowest BCUT2D eigenvalue weighted by atomic mass is 9.93. The molecule has 5 rings (SSSR count). The van der Waals surface area contributed by atoms with Gasteiger partial charge in [0.05, 0.1) is 17.8 Å². The molecule has 34 heavy (non-hydrogen) atoms. The first kappa shape index (κ1) is 21.8. The predicted octanol–water partition coefficient (Wildman–Crippen LogP) is 4.47. The Morgan fingerprint density at radius 2 is 1.82 bits per heavy atom. The number of benzene rings is 2. The van der Waals surface area contributed by atoms with Crippen molar-refractivity contribution in [3.63, 3.8) is 0 Å². The first-order valence-corrected chi connectivity index (χ1v) is 11.7. The third kappa shape index (κ3) is 3.82. The number of carbonyl (C=O) groups is 2. The van der Waals surface area contributed by atoms with E-state index in [0.29, 0.717) is 10.2 Å². The fourth-order valence-electron chi connectivity index (χ4n) is 4.40. The highest BCUT2D eigenvalue weighted by Crippen LogP contribution is 2.35. The van der Waals surface area contributed by atoms with Gasteiger partial charge >= 0.3 is 0 Å². The van der Waals surface area contributed by atoms with Crippen molar-refractivity contribution >= 4 is 39.4 Å². The fourth-order valence-corrected chi connectivity index (χ4v) is 5.41. The molecule has 2 aromatic heterocycles. The molecule has 0 spiro atoms. The topological polar surface area (TPSA) is 84.3 Å². The lowest BCUT2D eigenvalue weighted by Gasteiger charge is -2.32. The number of fused-ring (bicyclic) bond motifs is 2. The van der Waals surface area contributed by atoms with E-state index in [1.807, 2.05) is 67.6 Å². The summed E-state index contributed by atoms with van der Waals surface area (Å²) in [6.07, 6.45) is 4.89. The summed E-state index contributed by atoms with van der Waals surface area (Å²) >= 11 is 1.45. The quantitative estimate of drug-likeness (QED) is 0.477. The second-order valence-electron chi connectivity index (χ2n) is 8.12. The van der Waals surface area contributed by atoms with Gasteiger partial charge in [0.15, 0.2) is 0 Å². The molecule has 1 aliphatic heterocycles. The number of thiophene rings is 1. The number of nitrogens with zero attached hydrogens (tertiary/aromatic N) is 3. The molecule has 3 heterocycles. The van der Waals surface area contributed by atoms with E-state index >= 15 is 0 Å². The van der Waals surface area contributed by atoms with E-state index in [4.69, 9.17) is 0 Å². The Morgan fingerprint density at radius 3 is 2.59 bits per heavy atom. The summed E-state index contributed by atoms with van der Waals surface area (Å²) in [6, 6.07) is 16.9. The fraction of sp³-hybridized carbons (Fsp3) is 0.154. The smallest absolute Gasteiger partial charge is 0.281 e. The van der Waals surface area contributed by atoms with Crippen LogP contribution in [0, 0.1) is 6.92 Å². The molecule has 0 saturated carbocycles. The van der Waals surface area contributed by atoms with Crippen molar-refractivity contribution in [1.29, 1.82) is 0 Å². The van der Waals surface area contributed by atoms with E-state index in [0.717, 1.165) is 31.8 Å². The van der Waals surface area contributed by atoms with Crippen LogP contribution in [-0.2, 0) is 9.59 Å². The summed E-state index contributed by atoms with van der Waals surface area (Å²) in [5.74, 6) is -0.553. The normalized spacial score (nSPS) is 14.8. The molecule has 1 aliphatic rings. The summed E-state index contributed by atoms with van der Waals surface area (Å²) in [5.41, 5.74) is 5.93. The lowest BCUT2D eigenvalue weighted by Crippen LogP contribution is -2.37. The molecule has 0 aliphatic carbocycles. The Balaban J connectivity index is 1.47. The summed E-state index contributed by atoms with van der Waals surface area (Å²) in [4.78, 5) is 46.2. The van der Waals surface area contributed by atoms with Crippen LogP contribution in [0.3, 0.4) is 0 Å². The van der Waals surface area contributed by atoms with E-state index in [-0.39, 0.29) is 17.9 Å². The Kier molecular flexibility index (Phi) is 5.59. The molecule has 0 radical (unpaired) electrons. The number of rotatable bonds is 4. The molecule has 4 aromatic rings. The minimum Gasteiger partial charge on any atom is -0.311 e. The minimum atomic E-state index is -0.464. The van der Waals surface area contributed by atoms with E-state index in [9.17, 15) is 14.4 Å². The van der Waals surface area contributed by atoms with E-state index in [1.54, 1.807) is 11.1 Å². The average Bonchev–Trinajstić information content (AvgIpc) is 3.18. The maximum atomic E-state index is 13.4. The largest absolute Gasteiger partial charge is 0.311 e. The van der Waals surface area contributed by atoms with Crippen LogP contribution in [0.2, 0.25) is 0 Å². The van der Waals surface area contributed by atoms with Crippen LogP contribution in [0.15, 0.2) is 71.9 Å². The molecule has 0 fully saturated rings. The number of nitrogens with one attached hydrogen (secondary N) is 1. The Hall–Kier alpha value is -4.04. The highest BCUT2D eigenvalue weighted by atomic mass is 32.1. The molecule has 2 aromatic carbocycles. The van der Waals surface area contributed by atoms with Gasteiger partial charge in [0.1, 0.15) is 11.2 Å².